The van der Waals surface area contributed by atoms with E-state index in [-0.39, 0.29) is 5.78 Å². The minimum atomic E-state index is 0.122. The molecule has 11 heavy (non-hydrogen) atoms. The number of rotatable bonds is 6. The lowest BCUT2D eigenvalue weighted by molar-refractivity contribution is -0.114. The Bertz CT molecular complexity index is 166. The smallest absolute Gasteiger partial charge is 0.155 e. The molecule has 1 nitrogen and oxygen atoms in total. The van der Waals surface area contributed by atoms with Crippen LogP contribution >= 0.6 is 0 Å². The van der Waals surface area contributed by atoms with Crippen molar-refractivity contribution in [3.63, 3.8) is 0 Å². The molecule has 60 valence electrons. The van der Waals surface area contributed by atoms with Gasteiger partial charge in [-0.1, -0.05) is 31.4 Å². The highest BCUT2D eigenvalue weighted by molar-refractivity contribution is 5.88. The summed E-state index contributed by atoms with van der Waals surface area (Å²) in [4.78, 5) is 10.7. The first kappa shape index (κ1) is 9.89. The summed E-state index contributed by atoms with van der Waals surface area (Å²) in [6.45, 7) is 6.93. The molecule has 0 fully saturated rings. The van der Waals surface area contributed by atoms with Gasteiger partial charge in [0.1, 0.15) is 0 Å². The Labute approximate surface area is 68.1 Å². The summed E-state index contributed by atoms with van der Waals surface area (Å²) in [6, 6.07) is 0. The van der Waals surface area contributed by atoms with E-state index in [1.54, 1.807) is 6.08 Å². The molecule has 0 radical (unpaired) electrons. The summed E-state index contributed by atoms with van der Waals surface area (Å²) >= 11 is 0. The summed E-state index contributed by atoms with van der Waals surface area (Å²) in [5.41, 5.74) is 0. The second kappa shape index (κ2) is 7.00. The van der Waals surface area contributed by atoms with Crippen molar-refractivity contribution < 1.29 is 4.79 Å². The van der Waals surface area contributed by atoms with Crippen LogP contribution < -0.4 is 0 Å². The van der Waals surface area contributed by atoms with Crippen LogP contribution in [0.15, 0.2) is 37.5 Å². The summed E-state index contributed by atoms with van der Waals surface area (Å²) < 4.78 is 0. The molecule has 0 aromatic rings. The molecule has 0 rings (SSSR count). The molecule has 0 unspecified atom stereocenters. The normalized spacial score (nSPS) is 9.82. The zero-order chi connectivity index (χ0) is 8.53. The van der Waals surface area contributed by atoms with Crippen molar-refractivity contribution in [2.45, 2.75) is 19.3 Å². The van der Waals surface area contributed by atoms with Crippen LogP contribution in [0.3, 0.4) is 0 Å². The number of hydrogen-bond acceptors (Lipinski definition) is 1. The number of carbonyl (C=O) groups is 1. The quantitative estimate of drug-likeness (QED) is 0.323. The second-order valence-corrected chi connectivity index (χ2v) is 2.23. The minimum Gasteiger partial charge on any atom is -0.295 e. The van der Waals surface area contributed by atoms with Crippen molar-refractivity contribution in [2.24, 2.45) is 0 Å². The predicted octanol–water partition coefficient (Wildman–Crippen LogP) is 2.65. The van der Waals surface area contributed by atoms with Crippen molar-refractivity contribution in [1.29, 1.82) is 0 Å². The average Bonchev–Trinajstić information content (AvgIpc) is 2.04. The Morgan fingerprint density at radius 2 is 2.09 bits per heavy atom. The first-order valence-electron chi connectivity index (χ1n) is 3.74. The zero-order valence-electron chi connectivity index (χ0n) is 6.75. The topological polar surface area (TPSA) is 17.1 Å². The number of ketones is 1. The van der Waals surface area contributed by atoms with Gasteiger partial charge in [-0.25, -0.2) is 0 Å². The number of carbonyl (C=O) groups excluding carboxylic acids is 1. The standard InChI is InChI=1S/C10H14O/c1-3-5-6-7-8-9-10(11)4-2/h3-6H,1-2,7-9H2/b6-5+. The SMILES string of the molecule is C=C/C=C/CCCC(=O)C=C. The number of allylic oxidation sites excluding steroid dienone is 4. The molecule has 0 aromatic heterocycles. The molecular weight excluding hydrogens is 136 g/mol. The Hall–Kier alpha value is -1.11. The molecule has 0 N–H and O–H groups in total. The highest BCUT2D eigenvalue weighted by Gasteiger charge is 1.91. The van der Waals surface area contributed by atoms with E-state index >= 15 is 0 Å². The van der Waals surface area contributed by atoms with Crippen LogP contribution in [0, 0.1) is 0 Å². The molecule has 0 aliphatic carbocycles. The molecule has 0 aromatic carbocycles. The minimum absolute atomic E-state index is 0.122. The van der Waals surface area contributed by atoms with E-state index in [4.69, 9.17) is 0 Å². The maximum absolute atomic E-state index is 10.7. The van der Waals surface area contributed by atoms with Gasteiger partial charge < -0.3 is 0 Å². The van der Waals surface area contributed by atoms with E-state index in [1.807, 2.05) is 12.2 Å². The number of hydrogen-bond donors (Lipinski definition) is 0. The van der Waals surface area contributed by atoms with Crippen LogP contribution in [0.5, 0.6) is 0 Å². The molecule has 0 saturated heterocycles. The maximum atomic E-state index is 10.7. The van der Waals surface area contributed by atoms with E-state index in [1.165, 1.54) is 6.08 Å². The van der Waals surface area contributed by atoms with Crippen LogP contribution in [0.2, 0.25) is 0 Å². The second-order valence-electron chi connectivity index (χ2n) is 2.23. The van der Waals surface area contributed by atoms with E-state index in [0.717, 1.165) is 12.8 Å². The van der Waals surface area contributed by atoms with Crippen LogP contribution in [-0.2, 0) is 4.79 Å². The lowest BCUT2D eigenvalue weighted by Gasteiger charge is -1.90. The fourth-order valence-electron chi connectivity index (χ4n) is 0.689. The van der Waals surface area contributed by atoms with Gasteiger partial charge in [0.05, 0.1) is 0 Å². The molecule has 0 aliphatic heterocycles. The van der Waals surface area contributed by atoms with Gasteiger partial charge in [-0.15, -0.1) is 0 Å². The Morgan fingerprint density at radius 3 is 2.64 bits per heavy atom. The molecule has 0 aliphatic rings. The summed E-state index contributed by atoms with van der Waals surface area (Å²) in [7, 11) is 0. The third-order valence-corrected chi connectivity index (χ3v) is 1.29. The van der Waals surface area contributed by atoms with Crippen molar-refractivity contribution in [3.05, 3.63) is 37.5 Å². The first-order valence-corrected chi connectivity index (χ1v) is 3.74. The van der Waals surface area contributed by atoms with Crippen LogP contribution in [0.4, 0.5) is 0 Å². The van der Waals surface area contributed by atoms with Crippen molar-refractivity contribution >= 4 is 5.78 Å². The van der Waals surface area contributed by atoms with Gasteiger partial charge in [-0.3, -0.25) is 4.79 Å². The molecule has 0 atom stereocenters. The summed E-state index contributed by atoms with van der Waals surface area (Å²) in [5, 5.41) is 0. The van der Waals surface area contributed by atoms with Crippen LogP contribution in [0.1, 0.15) is 19.3 Å². The maximum Gasteiger partial charge on any atom is 0.155 e. The van der Waals surface area contributed by atoms with Gasteiger partial charge >= 0.3 is 0 Å². The highest BCUT2D eigenvalue weighted by Crippen LogP contribution is 1.97. The lowest BCUT2D eigenvalue weighted by atomic mass is 10.2. The zero-order valence-corrected chi connectivity index (χ0v) is 6.75. The monoisotopic (exact) mass is 150 g/mol. The van der Waals surface area contributed by atoms with E-state index in [9.17, 15) is 4.79 Å². The fraction of sp³-hybridized carbons (Fsp3) is 0.300. The van der Waals surface area contributed by atoms with Gasteiger partial charge in [0.25, 0.3) is 0 Å². The van der Waals surface area contributed by atoms with Gasteiger partial charge in [0, 0.05) is 6.42 Å². The molecule has 0 saturated carbocycles. The van der Waals surface area contributed by atoms with Crippen molar-refractivity contribution in [1.82, 2.24) is 0 Å². The van der Waals surface area contributed by atoms with Crippen molar-refractivity contribution in [3.8, 4) is 0 Å². The van der Waals surface area contributed by atoms with E-state index in [0.29, 0.717) is 6.42 Å². The largest absolute Gasteiger partial charge is 0.295 e. The van der Waals surface area contributed by atoms with Gasteiger partial charge in [0.15, 0.2) is 5.78 Å². The molecule has 0 heterocycles. The van der Waals surface area contributed by atoms with Gasteiger partial charge in [-0.05, 0) is 18.9 Å². The average molecular weight is 150 g/mol. The van der Waals surface area contributed by atoms with Crippen molar-refractivity contribution in [2.75, 3.05) is 0 Å². The van der Waals surface area contributed by atoms with Crippen LogP contribution in [0.25, 0.3) is 0 Å². The molecule has 1 heteroatoms. The van der Waals surface area contributed by atoms with Gasteiger partial charge in [0.2, 0.25) is 0 Å². The van der Waals surface area contributed by atoms with Gasteiger partial charge in [-0.2, -0.15) is 0 Å². The third-order valence-electron chi connectivity index (χ3n) is 1.29. The Morgan fingerprint density at radius 1 is 1.36 bits per heavy atom. The molecule has 0 amide bonds. The number of unbranched alkanes of at least 4 members (excludes halogenated alkanes) is 1. The third kappa shape index (κ3) is 6.78. The lowest BCUT2D eigenvalue weighted by Crippen LogP contribution is -1.89. The van der Waals surface area contributed by atoms with E-state index in [2.05, 4.69) is 13.2 Å². The first-order chi connectivity index (χ1) is 5.31. The summed E-state index contributed by atoms with van der Waals surface area (Å²) in [5.74, 6) is 0.122. The Kier molecular flexibility index (Phi) is 6.30. The fourth-order valence-corrected chi connectivity index (χ4v) is 0.689. The predicted molar refractivity (Wildman–Crippen MR) is 48.4 cm³/mol. The van der Waals surface area contributed by atoms with Crippen LogP contribution in [-0.4, -0.2) is 5.78 Å². The molecule has 0 bridgehead atoms. The molecular formula is C10H14O. The Balaban J connectivity index is 3.27. The summed E-state index contributed by atoms with van der Waals surface area (Å²) in [6.07, 6.45) is 9.43. The molecule has 0 spiro atoms. The highest BCUT2D eigenvalue weighted by atomic mass is 16.1. The van der Waals surface area contributed by atoms with E-state index < -0.39 is 0 Å².